The number of ether oxygens (including phenoxy) is 1. The smallest absolute Gasteiger partial charge is 0.229 e. The number of likely N-dealkylation sites (N-methyl/N-ethyl adjacent to an activating group) is 1. The normalized spacial score (nSPS) is 15.8. The molecule has 0 unspecified atom stereocenters. The van der Waals surface area contributed by atoms with Crippen LogP contribution in [0.2, 0.25) is 0 Å². The Morgan fingerprint density at radius 2 is 1.84 bits per heavy atom. The van der Waals surface area contributed by atoms with Gasteiger partial charge < -0.3 is 15.0 Å². The van der Waals surface area contributed by atoms with Gasteiger partial charge in [-0.3, -0.25) is 4.84 Å². The van der Waals surface area contributed by atoms with E-state index < -0.39 is 0 Å². The van der Waals surface area contributed by atoms with Crippen LogP contribution in [-0.4, -0.2) is 47.7 Å². The lowest BCUT2D eigenvalue weighted by atomic mass is 10.0. The van der Waals surface area contributed by atoms with E-state index in [1.165, 1.54) is 5.56 Å². The van der Waals surface area contributed by atoms with Gasteiger partial charge in [0.05, 0.1) is 12.6 Å². The van der Waals surface area contributed by atoms with Crippen LogP contribution in [-0.2, 0) is 4.84 Å². The minimum absolute atomic E-state index is 0.145. The van der Waals surface area contributed by atoms with Crippen molar-refractivity contribution in [2.45, 2.75) is 26.3 Å². The molecule has 2 aromatic carbocycles. The van der Waals surface area contributed by atoms with E-state index in [2.05, 4.69) is 58.3 Å². The maximum atomic E-state index is 5.89. The SMILES string of the molecule is CCN(CC)CCOc1ccc(Nc2nccc(N3OCC[C@H]3c3ccccc3)n2)cc1. The molecular formula is C25H31N5O2. The average molecular weight is 434 g/mol. The standard InChI is InChI=1S/C25H31N5O2/c1-3-29(4-2)17-19-31-22-12-10-21(11-13-22)27-25-26-16-14-24(28-25)30-23(15-18-32-30)20-8-6-5-7-9-20/h5-14,16,23H,3-4,15,17-19H2,1-2H3,(H,26,27,28)/t23-/m0/s1. The molecule has 32 heavy (non-hydrogen) atoms. The van der Waals surface area contributed by atoms with Crippen LogP contribution in [0.4, 0.5) is 17.5 Å². The van der Waals surface area contributed by atoms with Crippen LogP contribution in [0, 0.1) is 0 Å². The summed E-state index contributed by atoms with van der Waals surface area (Å²) in [6.07, 6.45) is 2.67. The van der Waals surface area contributed by atoms with E-state index in [0.29, 0.717) is 19.2 Å². The lowest BCUT2D eigenvalue weighted by molar-refractivity contribution is 0.157. The summed E-state index contributed by atoms with van der Waals surface area (Å²) < 4.78 is 5.86. The molecule has 3 aromatic rings. The summed E-state index contributed by atoms with van der Waals surface area (Å²) in [5.41, 5.74) is 2.12. The van der Waals surface area contributed by atoms with Crippen molar-refractivity contribution in [3.05, 3.63) is 72.4 Å². The second kappa shape index (κ2) is 10.9. The number of hydrogen-bond donors (Lipinski definition) is 1. The molecule has 1 fully saturated rings. The monoisotopic (exact) mass is 433 g/mol. The molecule has 0 spiro atoms. The molecule has 1 saturated heterocycles. The Hall–Kier alpha value is -3.16. The second-order valence-electron chi connectivity index (χ2n) is 7.64. The highest BCUT2D eigenvalue weighted by Gasteiger charge is 2.28. The van der Waals surface area contributed by atoms with Gasteiger partial charge in [-0.15, -0.1) is 0 Å². The maximum Gasteiger partial charge on any atom is 0.229 e. The van der Waals surface area contributed by atoms with E-state index in [1.807, 2.05) is 41.5 Å². The van der Waals surface area contributed by atoms with Crippen LogP contribution >= 0.6 is 0 Å². The lowest BCUT2D eigenvalue weighted by Crippen LogP contribution is -2.27. The van der Waals surface area contributed by atoms with Gasteiger partial charge in [0.1, 0.15) is 12.4 Å². The highest BCUT2D eigenvalue weighted by Crippen LogP contribution is 2.34. The fourth-order valence-electron chi connectivity index (χ4n) is 3.80. The Balaban J connectivity index is 1.38. The summed E-state index contributed by atoms with van der Waals surface area (Å²) in [7, 11) is 0. The zero-order valence-corrected chi connectivity index (χ0v) is 18.8. The van der Waals surface area contributed by atoms with Crippen molar-refractivity contribution in [1.82, 2.24) is 14.9 Å². The van der Waals surface area contributed by atoms with E-state index in [1.54, 1.807) is 6.20 Å². The first-order valence-electron chi connectivity index (χ1n) is 11.3. The van der Waals surface area contributed by atoms with Gasteiger partial charge in [0.25, 0.3) is 0 Å². The topological polar surface area (TPSA) is 62.8 Å². The minimum Gasteiger partial charge on any atom is -0.492 e. The minimum atomic E-state index is 0.145. The van der Waals surface area contributed by atoms with Gasteiger partial charge in [0, 0.05) is 30.9 Å². The Labute approximate surface area is 190 Å². The molecule has 0 bridgehead atoms. The van der Waals surface area contributed by atoms with Crippen molar-refractivity contribution >= 4 is 17.5 Å². The Kier molecular flexibility index (Phi) is 7.53. The van der Waals surface area contributed by atoms with Crippen molar-refractivity contribution in [3.8, 4) is 5.75 Å². The molecule has 0 amide bonds. The molecule has 1 N–H and O–H groups in total. The molecule has 7 nitrogen and oxygen atoms in total. The Bertz CT molecular complexity index is 964. The van der Waals surface area contributed by atoms with Crippen LogP contribution < -0.4 is 15.1 Å². The summed E-state index contributed by atoms with van der Waals surface area (Å²) in [5.74, 6) is 2.12. The van der Waals surface area contributed by atoms with E-state index in [4.69, 9.17) is 9.57 Å². The number of aromatic nitrogens is 2. The molecule has 168 valence electrons. The Morgan fingerprint density at radius 3 is 2.59 bits per heavy atom. The van der Waals surface area contributed by atoms with E-state index >= 15 is 0 Å². The first-order valence-corrected chi connectivity index (χ1v) is 11.3. The van der Waals surface area contributed by atoms with Crippen LogP contribution in [0.3, 0.4) is 0 Å². The van der Waals surface area contributed by atoms with Gasteiger partial charge in [-0.25, -0.2) is 10.0 Å². The van der Waals surface area contributed by atoms with Crippen LogP contribution in [0.1, 0.15) is 31.9 Å². The fourth-order valence-corrected chi connectivity index (χ4v) is 3.80. The average Bonchev–Trinajstić information content (AvgIpc) is 3.34. The first-order chi connectivity index (χ1) is 15.8. The van der Waals surface area contributed by atoms with Crippen LogP contribution in [0.15, 0.2) is 66.9 Å². The van der Waals surface area contributed by atoms with Gasteiger partial charge in [-0.05, 0) is 42.9 Å². The van der Waals surface area contributed by atoms with Gasteiger partial charge in [0.15, 0.2) is 5.82 Å². The molecule has 4 rings (SSSR count). The first kappa shape index (κ1) is 22.0. The van der Waals surface area contributed by atoms with Gasteiger partial charge in [-0.1, -0.05) is 44.2 Å². The molecule has 0 aliphatic carbocycles. The Morgan fingerprint density at radius 1 is 1.06 bits per heavy atom. The number of hydroxylamine groups is 1. The number of hydrogen-bond acceptors (Lipinski definition) is 7. The summed E-state index contributed by atoms with van der Waals surface area (Å²) in [4.78, 5) is 17.3. The van der Waals surface area contributed by atoms with E-state index in [-0.39, 0.29) is 6.04 Å². The summed E-state index contributed by atoms with van der Waals surface area (Å²) in [6, 6.07) is 20.3. The number of nitrogens with zero attached hydrogens (tertiary/aromatic N) is 4. The van der Waals surface area contributed by atoms with E-state index in [9.17, 15) is 0 Å². The molecule has 0 saturated carbocycles. The molecule has 2 heterocycles. The zero-order valence-electron chi connectivity index (χ0n) is 18.8. The van der Waals surface area contributed by atoms with Crippen LogP contribution in [0.25, 0.3) is 0 Å². The van der Waals surface area contributed by atoms with Gasteiger partial charge in [-0.2, -0.15) is 4.98 Å². The largest absolute Gasteiger partial charge is 0.492 e. The van der Waals surface area contributed by atoms with E-state index in [0.717, 1.165) is 43.3 Å². The van der Waals surface area contributed by atoms with Crippen molar-refractivity contribution in [2.24, 2.45) is 0 Å². The van der Waals surface area contributed by atoms with Crippen molar-refractivity contribution < 1.29 is 9.57 Å². The number of benzene rings is 2. The molecule has 0 radical (unpaired) electrons. The molecule has 7 heteroatoms. The lowest BCUT2D eigenvalue weighted by Gasteiger charge is -2.24. The number of rotatable bonds is 10. The summed E-state index contributed by atoms with van der Waals surface area (Å²) in [5, 5.41) is 5.16. The van der Waals surface area contributed by atoms with Gasteiger partial charge in [0.2, 0.25) is 5.95 Å². The summed E-state index contributed by atoms with van der Waals surface area (Å²) in [6.45, 7) is 8.68. The predicted octanol–water partition coefficient (Wildman–Crippen LogP) is 4.82. The van der Waals surface area contributed by atoms with Crippen molar-refractivity contribution in [3.63, 3.8) is 0 Å². The summed E-state index contributed by atoms with van der Waals surface area (Å²) >= 11 is 0. The molecule has 1 aliphatic heterocycles. The third-order valence-corrected chi connectivity index (χ3v) is 5.64. The van der Waals surface area contributed by atoms with Crippen LogP contribution in [0.5, 0.6) is 5.75 Å². The highest BCUT2D eigenvalue weighted by molar-refractivity contribution is 5.56. The molecule has 1 aromatic heterocycles. The third-order valence-electron chi connectivity index (χ3n) is 5.64. The molecule has 1 atom stereocenters. The maximum absolute atomic E-state index is 5.89. The molecular weight excluding hydrogens is 402 g/mol. The van der Waals surface area contributed by atoms with Crippen molar-refractivity contribution in [2.75, 3.05) is 43.2 Å². The van der Waals surface area contributed by atoms with Gasteiger partial charge >= 0.3 is 0 Å². The number of anilines is 3. The second-order valence-corrected chi connectivity index (χ2v) is 7.64. The fraction of sp³-hybridized carbons (Fsp3) is 0.360. The van der Waals surface area contributed by atoms with Crippen molar-refractivity contribution in [1.29, 1.82) is 0 Å². The highest BCUT2D eigenvalue weighted by atomic mass is 16.7. The zero-order chi connectivity index (χ0) is 22.2. The molecule has 1 aliphatic rings. The predicted molar refractivity (Wildman–Crippen MR) is 127 cm³/mol. The third kappa shape index (κ3) is 5.55. The quantitative estimate of drug-likeness (QED) is 0.492. The number of nitrogens with one attached hydrogen (secondary N) is 1.